The number of halogens is 9. The summed E-state index contributed by atoms with van der Waals surface area (Å²) in [6, 6.07) is -1.29. The number of nitrogens with zero attached hydrogens (tertiary/aromatic N) is 9. The summed E-state index contributed by atoms with van der Waals surface area (Å²) in [5.74, 6) is -15.6. The Balaban J connectivity index is 1.24. The van der Waals surface area contributed by atoms with Crippen LogP contribution in [0.2, 0.25) is 5.02 Å². The largest absolute Gasteiger partial charge is 0.422 e. The molecular formula is C78H101ClF8N12O13. The molecule has 8 rings (SSSR count). The van der Waals surface area contributed by atoms with E-state index in [9.17, 15) is 45.5 Å². The van der Waals surface area contributed by atoms with Gasteiger partial charge in [-0.05, 0) is 130 Å². The maximum Gasteiger partial charge on any atom is 0.422 e. The van der Waals surface area contributed by atoms with E-state index in [1.54, 1.807) is 57.2 Å². The number of hydrogen-bond donors (Lipinski definition) is 3. The molecule has 5 aliphatic rings. The van der Waals surface area contributed by atoms with Crippen molar-refractivity contribution in [3.8, 4) is 0 Å². The molecule has 3 heterocycles. The summed E-state index contributed by atoms with van der Waals surface area (Å²) in [5, 5.41) is 8.54. The average molecular weight is 1600 g/mol. The van der Waals surface area contributed by atoms with Crippen molar-refractivity contribution in [3.05, 3.63) is 117 Å². The first-order valence-corrected chi connectivity index (χ1v) is 38.0. The van der Waals surface area contributed by atoms with Crippen molar-refractivity contribution < 1.29 is 97.4 Å². The highest BCUT2D eigenvalue weighted by molar-refractivity contribution is 6.30. The number of carbonyl (C=O) groups excluding carboxylic acids is 12. The Kier molecular flexibility index (Phi) is 29.6. The molecule has 0 radical (unpaired) electrons. The van der Waals surface area contributed by atoms with Gasteiger partial charge in [0.15, 0.2) is 0 Å². The van der Waals surface area contributed by atoms with Gasteiger partial charge < -0.3 is 64.8 Å². The van der Waals surface area contributed by atoms with Crippen molar-refractivity contribution in [1.29, 1.82) is 0 Å². The number of alkyl halides is 6. The first-order valence-electron chi connectivity index (χ1n) is 37.6. The molecule has 12 amide bonds. The van der Waals surface area contributed by atoms with Crippen LogP contribution in [0, 0.1) is 23.5 Å². The third-order valence-corrected chi connectivity index (χ3v) is 22.6. The van der Waals surface area contributed by atoms with Gasteiger partial charge in [0.25, 0.3) is 0 Å². The first kappa shape index (κ1) is 88.3. The monoisotopic (exact) mass is 1600 g/mol. The predicted octanol–water partition coefficient (Wildman–Crippen LogP) is 6.59. The summed E-state index contributed by atoms with van der Waals surface area (Å²) in [7, 11) is 10.5. The van der Waals surface area contributed by atoms with Crippen LogP contribution in [-0.4, -0.2) is 264 Å². The lowest BCUT2D eigenvalue weighted by atomic mass is 9.74. The molecule has 4 fully saturated rings. The van der Waals surface area contributed by atoms with Crippen molar-refractivity contribution in [2.75, 3.05) is 89.2 Å². The molecule has 2 saturated carbocycles. The maximum absolute atomic E-state index is 15.6. The Bertz CT molecular complexity index is 3990. The van der Waals surface area contributed by atoms with Crippen LogP contribution >= 0.6 is 11.6 Å². The van der Waals surface area contributed by atoms with E-state index in [0.29, 0.717) is 49.8 Å². The molecule has 3 aromatic rings. The molecule has 3 aliphatic heterocycles. The number of aryl methyl sites for hydroxylation is 1. The number of carbonyl (C=O) groups is 12. The average Bonchev–Trinajstić information content (AvgIpc) is 1.40. The van der Waals surface area contributed by atoms with Gasteiger partial charge in [-0.15, -0.1) is 0 Å². The summed E-state index contributed by atoms with van der Waals surface area (Å²) in [4.78, 5) is 192. The molecule has 1 spiro atoms. The van der Waals surface area contributed by atoms with Crippen molar-refractivity contribution in [1.82, 2.24) is 60.0 Å². The van der Waals surface area contributed by atoms with Gasteiger partial charge in [-0.25, -0.2) is 8.78 Å². The standard InChI is InChI=1S/C78H101ClF8N12O13/c1-12-45(3)65-73(109)93(7)44-63(102)94(8)56-25-15-14-18-34-98(72(56)108)60(38-46-26-29-50(30-27-46)77(82,83)84)71(107)92(6)43-61(100)88-55(31-28-48-36-53(80)64(54(81)37-48)78(85,86)87)69(105)99-42-52(112-13-2)40-58(99)68(104)90-76(32-20-33-76)75(111)97(11)66(49-22-16-17-23-49)74(110)96(10)59(70(106)91(4)5)41-62(101)95(9)57(67(103)89-65)39-47-21-19-24-51(79)35-47/h14-15,19,21,24,26-27,29-30,35-37,45,49,52,55-60,65-66H,12-13,16-18,20,22-23,25,28,31-34,38-44H2,1-11H3,(H,88,100)(H,89,103)(H,90,104)/b15-14-/t45-,52+,55-,56-,57-,58-,59-,60-,65-,66-/m0/s1. The fourth-order valence-corrected chi connectivity index (χ4v) is 15.7. The van der Waals surface area contributed by atoms with E-state index < -0.39 is 222 Å². The summed E-state index contributed by atoms with van der Waals surface area (Å²) < 4.78 is 120. The lowest BCUT2D eigenvalue weighted by Crippen LogP contribution is -2.68. The molecule has 3 N–H and O–H groups in total. The maximum atomic E-state index is 15.6. The number of hydrogen-bond acceptors (Lipinski definition) is 13. The van der Waals surface area contributed by atoms with Crippen LogP contribution in [0.4, 0.5) is 35.1 Å². The normalized spacial score (nSPS) is 25.5. The van der Waals surface area contributed by atoms with Crippen LogP contribution in [0.1, 0.15) is 132 Å². The second-order valence-corrected chi connectivity index (χ2v) is 30.7. The lowest BCUT2D eigenvalue weighted by molar-refractivity contribution is -0.157. The minimum Gasteiger partial charge on any atom is -0.377 e. The number of amides is 12. The Morgan fingerprint density at radius 3 is 1.88 bits per heavy atom. The lowest BCUT2D eigenvalue weighted by Gasteiger charge is -2.46. The Morgan fingerprint density at radius 2 is 1.29 bits per heavy atom. The summed E-state index contributed by atoms with van der Waals surface area (Å²) in [6.45, 7) is 2.80. The van der Waals surface area contributed by atoms with Crippen LogP contribution in [0.3, 0.4) is 0 Å². The third kappa shape index (κ3) is 20.9. The van der Waals surface area contributed by atoms with Gasteiger partial charge in [0, 0.05) is 100 Å². The quantitative estimate of drug-likeness (QED) is 0.120. The minimum atomic E-state index is -5.47. The number of benzene rings is 3. The molecule has 25 nitrogen and oxygen atoms in total. The van der Waals surface area contributed by atoms with Crippen molar-refractivity contribution in [3.63, 3.8) is 0 Å². The molecule has 0 unspecified atom stereocenters. The van der Waals surface area contributed by atoms with E-state index in [1.807, 2.05) is 0 Å². The number of fused-ring (bicyclic) bond motifs is 3. The van der Waals surface area contributed by atoms with Crippen molar-refractivity contribution in [2.45, 2.75) is 196 Å². The zero-order chi connectivity index (χ0) is 82.8. The number of nitrogens with one attached hydrogen (secondary N) is 3. The van der Waals surface area contributed by atoms with Gasteiger partial charge in [-0.1, -0.05) is 81.1 Å². The van der Waals surface area contributed by atoms with Gasteiger partial charge in [0.05, 0.1) is 31.2 Å². The van der Waals surface area contributed by atoms with E-state index in [0.717, 1.165) is 65.6 Å². The van der Waals surface area contributed by atoms with Crippen molar-refractivity contribution in [2.24, 2.45) is 11.8 Å². The summed E-state index contributed by atoms with van der Waals surface area (Å²) >= 11 is 6.47. The SMILES string of the molecule is CCO[C@@H]1C[C@H]2C(=O)NC3(CCC3)C(=O)N(C)[C@@H](C3CCCC3)C(=O)N(C)[C@H](C(=O)N(C)C)CC(=O)N(C)[C@@H](Cc3cccc(Cl)c3)C(=O)N[C@@H]([C@@H](C)CC)C(=O)N(C)CC(=O)N(C)[C@H]3C/C=C\CCN(C3=O)[C@@H](Cc3ccc(C(F)(F)F)cc3)C(=O)N(C)CC(=O)N[C@@H](CCc3cc(F)c(C(F)(F)F)c(F)c3)C(=O)N2C1. The zero-order valence-electron chi connectivity index (χ0n) is 64.9. The molecule has 614 valence electrons. The first-order chi connectivity index (χ1) is 52.6. The highest BCUT2D eigenvalue weighted by Gasteiger charge is 2.54. The molecule has 112 heavy (non-hydrogen) atoms. The van der Waals surface area contributed by atoms with Crippen LogP contribution in [0.15, 0.2) is 72.8 Å². The minimum absolute atomic E-state index is 0.0188. The molecule has 2 saturated heterocycles. The summed E-state index contributed by atoms with van der Waals surface area (Å²) in [5.41, 5.74) is -4.83. The predicted molar refractivity (Wildman–Crippen MR) is 394 cm³/mol. The Hall–Kier alpha value is -9.27. The third-order valence-electron chi connectivity index (χ3n) is 22.3. The topological polar surface area (TPSA) is 279 Å². The fourth-order valence-electron chi connectivity index (χ4n) is 15.4. The van der Waals surface area contributed by atoms with E-state index in [2.05, 4.69) is 16.0 Å². The number of ether oxygens (including phenoxy) is 1. The van der Waals surface area contributed by atoms with E-state index in [-0.39, 0.29) is 75.2 Å². The van der Waals surface area contributed by atoms with Gasteiger partial charge in [-0.3, -0.25) is 57.5 Å². The number of likely N-dealkylation sites (N-methyl/N-ethyl adjacent to an activating group) is 7. The molecule has 10 atom stereocenters. The number of rotatable bonds is 13. The van der Waals surface area contributed by atoms with Crippen LogP contribution in [0.25, 0.3) is 0 Å². The Labute approximate surface area is 651 Å². The fraction of sp³-hybridized carbons (Fsp3) is 0.590. The molecule has 3 aromatic carbocycles. The zero-order valence-corrected chi connectivity index (χ0v) is 65.6. The van der Waals surface area contributed by atoms with E-state index in [4.69, 9.17) is 16.3 Å². The van der Waals surface area contributed by atoms with E-state index in [1.165, 1.54) is 59.1 Å². The van der Waals surface area contributed by atoms with Crippen LogP contribution in [0.5, 0.6) is 0 Å². The van der Waals surface area contributed by atoms with Gasteiger partial charge in [-0.2, -0.15) is 26.3 Å². The van der Waals surface area contributed by atoms with E-state index >= 15 is 47.1 Å². The second kappa shape index (κ2) is 37.6. The summed E-state index contributed by atoms with van der Waals surface area (Å²) in [6.07, 6.45) is -8.02. The van der Waals surface area contributed by atoms with Gasteiger partial charge in [0.1, 0.15) is 71.1 Å². The van der Waals surface area contributed by atoms with Gasteiger partial charge in [0.2, 0.25) is 70.9 Å². The molecule has 34 heteroatoms. The molecule has 2 aliphatic carbocycles. The highest BCUT2D eigenvalue weighted by atomic mass is 35.5. The highest BCUT2D eigenvalue weighted by Crippen LogP contribution is 2.40. The van der Waals surface area contributed by atoms with Crippen LogP contribution < -0.4 is 16.0 Å². The van der Waals surface area contributed by atoms with Crippen molar-refractivity contribution >= 4 is 82.5 Å². The smallest absolute Gasteiger partial charge is 0.377 e. The Morgan fingerprint density at radius 1 is 0.661 bits per heavy atom. The second-order valence-electron chi connectivity index (χ2n) is 30.2. The van der Waals surface area contributed by atoms with Gasteiger partial charge >= 0.3 is 12.4 Å². The molecule has 0 aromatic heterocycles. The van der Waals surface area contributed by atoms with Crippen LogP contribution in [-0.2, 0) is 93.9 Å². The molecular weight excluding hydrogens is 1500 g/mol. The molecule has 2 bridgehead atoms.